The van der Waals surface area contributed by atoms with Crippen LogP contribution < -0.4 is 0 Å². The van der Waals surface area contributed by atoms with Crippen LogP contribution in [0.3, 0.4) is 0 Å². The standard InChI is InChI=1S/C12H10F4N2/c1-2-9-7-11(12(14,15)16)17-18(9)10-5-3-8(13)4-6-10/h3-7H,2H2,1H3. The Morgan fingerprint density at radius 1 is 1.17 bits per heavy atom. The highest BCUT2D eigenvalue weighted by atomic mass is 19.4. The molecule has 2 aromatic rings. The van der Waals surface area contributed by atoms with Crippen molar-refractivity contribution in [1.29, 1.82) is 0 Å². The van der Waals surface area contributed by atoms with Crippen LogP contribution in [0.1, 0.15) is 18.3 Å². The number of benzene rings is 1. The summed E-state index contributed by atoms with van der Waals surface area (Å²) in [4.78, 5) is 0. The average molecular weight is 258 g/mol. The summed E-state index contributed by atoms with van der Waals surface area (Å²) in [5, 5.41) is 3.52. The van der Waals surface area contributed by atoms with Gasteiger partial charge in [0.05, 0.1) is 5.69 Å². The molecule has 0 N–H and O–H groups in total. The minimum Gasteiger partial charge on any atom is -0.237 e. The largest absolute Gasteiger partial charge is 0.435 e. The minimum absolute atomic E-state index is 0.403. The van der Waals surface area contributed by atoms with Crippen LogP contribution in [-0.4, -0.2) is 9.78 Å². The molecule has 2 nitrogen and oxygen atoms in total. The molecule has 2 rings (SSSR count). The van der Waals surface area contributed by atoms with Gasteiger partial charge in [-0.1, -0.05) is 6.92 Å². The van der Waals surface area contributed by atoms with Gasteiger partial charge in [0, 0.05) is 5.69 Å². The predicted molar refractivity (Wildman–Crippen MR) is 57.9 cm³/mol. The molecule has 0 fully saturated rings. The van der Waals surface area contributed by atoms with Crippen molar-refractivity contribution in [3.8, 4) is 5.69 Å². The van der Waals surface area contributed by atoms with Gasteiger partial charge in [-0.25, -0.2) is 9.07 Å². The van der Waals surface area contributed by atoms with E-state index in [2.05, 4.69) is 5.10 Å². The normalized spacial score (nSPS) is 11.8. The van der Waals surface area contributed by atoms with Crippen molar-refractivity contribution in [2.24, 2.45) is 0 Å². The number of hydrogen-bond donors (Lipinski definition) is 0. The van der Waals surface area contributed by atoms with E-state index in [1.165, 1.54) is 28.9 Å². The second-order valence-corrected chi connectivity index (χ2v) is 3.76. The first-order valence-corrected chi connectivity index (χ1v) is 5.34. The lowest BCUT2D eigenvalue weighted by Gasteiger charge is -2.05. The quantitative estimate of drug-likeness (QED) is 0.753. The Kier molecular flexibility index (Phi) is 3.11. The molecule has 0 unspecified atom stereocenters. The second-order valence-electron chi connectivity index (χ2n) is 3.76. The summed E-state index contributed by atoms with van der Waals surface area (Å²) in [5.74, 6) is -0.444. The maximum Gasteiger partial charge on any atom is 0.435 e. The number of alkyl halides is 3. The van der Waals surface area contributed by atoms with E-state index in [0.29, 0.717) is 17.8 Å². The van der Waals surface area contributed by atoms with Crippen LogP contribution in [0.4, 0.5) is 17.6 Å². The molecule has 0 saturated carbocycles. The first kappa shape index (κ1) is 12.6. The summed E-state index contributed by atoms with van der Waals surface area (Å²) in [6.45, 7) is 1.73. The Hall–Kier alpha value is -1.85. The number of rotatable bonds is 2. The minimum atomic E-state index is -4.48. The first-order valence-electron chi connectivity index (χ1n) is 5.34. The lowest BCUT2D eigenvalue weighted by atomic mass is 10.2. The van der Waals surface area contributed by atoms with Gasteiger partial charge in [-0.15, -0.1) is 0 Å². The van der Waals surface area contributed by atoms with E-state index in [0.717, 1.165) is 6.07 Å². The highest BCUT2D eigenvalue weighted by Gasteiger charge is 2.34. The Labute approximate surface area is 101 Å². The Morgan fingerprint density at radius 3 is 2.28 bits per heavy atom. The fourth-order valence-corrected chi connectivity index (χ4v) is 1.62. The van der Waals surface area contributed by atoms with Crippen molar-refractivity contribution in [1.82, 2.24) is 9.78 Å². The molecule has 0 atom stereocenters. The number of hydrogen-bond acceptors (Lipinski definition) is 1. The van der Waals surface area contributed by atoms with Crippen LogP contribution in [0.15, 0.2) is 30.3 Å². The molecule has 96 valence electrons. The topological polar surface area (TPSA) is 17.8 Å². The van der Waals surface area contributed by atoms with Crippen molar-refractivity contribution < 1.29 is 17.6 Å². The van der Waals surface area contributed by atoms with Gasteiger partial charge < -0.3 is 0 Å². The molecule has 0 saturated heterocycles. The van der Waals surface area contributed by atoms with E-state index in [9.17, 15) is 17.6 Å². The zero-order valence-corrected chi connectivity index (χ0v) is 9.50. The molecule has 1 aromatic carbocycles. The smallest absolute Gasteiger partial charge is 0.237 e. The first-order chi connectivity index (χ1) is 8.41. The molecule has 0 amide bonds. The zero-order chi connectivity index (χ0) is 13.3. The van der Waals surface area contributed by atoms with Crippen LogP contribution in [0.5, 0.6) is 0 Å². The van der Waals surface area contributed by atoms with Gasteiger partial charge in [0.1, 0.15) is 5.82 Å². The molecule has 1 heterocycles. The van der Waals surface area contributed by atoms with E-state index < -0.39 is 17.7 Å². The number of nitrogens with zero attached hydrogens (tertiary/aromatic N) is 2. The maximum atomic E-state index is 12.8. The van der Waals surface area contributed by atoms with Gasteiger partial charge in [-0.3, -0.25) is 0 Å². The Balaban J connectivity index is 2.50. The maximum absolute atomic E-state index is 12.8. The lowest BCUT2D eigenvalue weighted by molar-refractivity contribution is -0.141. The zero-order valence-electron chi connectivity index (χ0n) is 9.50. The monoisotopic (exact) mass is 258 g/mol. The van der Waals surface area contributed by atoms with Crippen LogP contribution >= 0.6 is 0 Å². The van der Waals surface area contributed by atoms with E-state index in [1.54, 1.807) is 6.92 Å². The average Bonchev–Trinajstić information content (AvgIpc) is 2.73. The predicted octanol–water partition coefficient (Wildman–Crippen LogP) is 3.59. The molecular weight excluding hydrogens is 248 g/mol. The van der Waals surface area contributed by atoms with E-state index in [-0.39, 0.29) is 0 Å². The Morgan fingerprint density at radius 2 is 1.78 bits per heavy atom. The van der Waals surface area contributed by atoms with Gasteiger partial charge in [-0.05, 0) is 36.8 Å². The molecule has 0 aliphatic heterocycles. The number of aryl methyl sites for hydroxylation is 1. The summed E-state index contributed by atoms with van der Waals surface area (Å²) in [6.07, 6.45) is -4.07. The molecule has 0 bridgehead atoms. The molecule has 0 aliphatic rings. The highest BCUT2D eigenvalue weighted by Crippen LogP contribution is 2.29. The summed E-state index contributed by atoms with van der Waals surface area (Å²) in [5.41, 5.74) is -0.110. The van der Waals surface area contributed by atoms with Crippen molar-refractivity contribution in [3.63, 3.8) is 0 Å². The molecule has 1 aromatic heterocycles. The molecule has 0 spiro atoms. The van der Waals surface area contributed by atoms with Gasteiger partial charge in [0.15, 0.2) is 5.69 Å². The fraction of sp³-hybridized carbons (Fsp3) is 0.250. The van der Waals surface area contributed by atoms with E-state index in [4.69, 9.17) is 0 Å². The van der Waals surface area contributed by atoms with Crippen LogP contribution in [0.25, 0.3) is 5.69 Å². The van der Waals surface area contributed by atoms with Crippen LogP contribution in [0.2, 0.25) is 0 Å². The van der Waals surface area contributed by atoms with Gasteiger partial charge in [0.2, 0.25) is 0 Å². The van der Waals surface area contributed by atoms with Crippen molar-refractivity contribution in [2.75, 3.05) is 0 Å². The molecule has 18 heavy (non-hydrogen) atoms. The number of halogens is 4. The summed E-state index contributed by atoms with van der Waals surface area (Å²) < 4.78 is 51.6. The molecule has 6 heteroatoms. The summed E-state index contributed by atoms with van der Waals surface area (Å²) >= 11 is 0. The third-order valence-corrected chi connectivity index (χ3v) is 2.51. The molecule has 0 aliphatic carbocycles. The third kappa shape index (κ3) is 2.37. The van der Waals surface area contributed by atoms with E-state index >= 15 is 0 Å². The van der Waals surface area contributed by atoms with Crippen LogP contribution in [-0.2, 0) is 12.6 Å². The number of aromatic nitrogens is 2. The highest BCUT2D eigenvalue weighted by molar-refractivity contribution is 5.34. The van der Waals surface area contributed by atoms with Crippen molar-refractivity contribution in [2.45, 2.75) is 19.5 Å². The summed E-state index contributed by atoms with van der Waals surface area (Å²) in [7, 11) is 0. The van der Waals surface area contributed by atoms with Gasteiger partial charge >= 0.3 is 6.18 Å². The van der Waals surface area contributed by atoms with Gasteiger partial charge in [-0.2, -0.15) is 18.3 Å². The van der Waals surface area contributed by atoms with Crippen molar-refractivity contribution in [3.05, 3.63) is 47.5 Å². The van der Waals surface area contributed by atoms with Gasteiger partial charge in [0.25, 0.3) is 0 Å². The fourth-order valence-electron chi connectivity index (χ4n) is 1.62. The molecule has 0 radical (unpaired) electrons. The Bertz CT molecular complexity index is 540. The van der Waals surface area contributed by atoms with E-state index in [1.807, 2.05) is 0 Å². The lowest BCUT2D eigenvalue weighted by Crippen LogP contribution is -2.07. The third-order valence-electron chi connectivity index (χ3n) is 2.51. The SMILES string of the molecule is CCc1cc(C(F)(F)F)nn1-c1ccc(F)cc1. The molecular formula is C12H10F4N2. The second kappa shape index (κ2) is 4.44. The summed E-state index contributed by atoms with van der Waals surface area (Å²) in [6, 6.07) is 6.15. The van der Waals surface area contributed by atoms with Crippen LogP contribution in [0, 0.1) is 5.82 Å². The van der Waals surface area contributed by atoms with Crippen molar-refractivity contribution >= 4 is 0 Å².